The molecule has 3 rings (SSSR count). The number of hydrogen-bond acceptors (Lipinski definition) is 5. The number of aromatic nitrogens is 3. The molecule has 1 aliphatic heterocycles. The molecule has 1 aliphatic rings. The van der Waals surface area contributed by atoms with Gasteiger partial charge in [-0.05, 0) is 24.1 Å². The number of nitrogens with zero attached hydrogens (tertiary/aromatic N) is 4. The number of fused-ring (bicyclic) bond motifs is 1. The Hall–Kier alpha value is -1.77. The molecule has 0 aliphatic carbocycles. The van der Waals surface area contributed by atoms with Crippen LogP contribution in [0.15, 0.2) is 36.8 Å². The molecule has 1 N–H and O–H groups in total. The highest BCUT2D eigenvalue weighted by Gasteiger charge is 2.25. The summed E-state index contributed by atoms with van der Waals surface area (Å²) in [4.78, 5) is 6.51. The Bertz CT molecular complexity index is 744. The van der Waals surface area contributed by atoms with Crippen molar-refractivity contribution in [3.8, 4) is 0 Å². The van der Waals surface area contributed by atoms with Gasteiger partial charge in [0.15, 0.2) is 0 Å². The third kappa shape index (κ3) is 4.37. The van der Waals surface area contributed by atoms with Crippen molar-refractivity contribution >= 4 is 10.0 Å². The van der Waals surface area contributed by atoms with Gasteiger partial charge in [-0.2, -0.15) is 5.10 Å². The lowest BCUT2D eigenvalue weighted by molar-refractivity contribution is 0.162. The lowest BCUT2D eigenvalue weighted by atomic mass is 10.1. The molecule has 0 aromatic carbocycles. The van der Waals surface area contributed by atoms with Gasteiger partial charge >= 0.3 is 0 Å². The summed E-state index contributed by atoms with van der Waals surface area (Å²) in [6.07, 6.45) is 7.35. The van der Waals surface area contributed by atoms with Gasteiger partial charge in [-0.25, -0.2) is 13.1 Å². The van der Waals surface area contributed by atoms with E-state index < -0.39 is 10.0 Å². The van der Waals surface area contributed by atoms with Crippen LogP contribution in [0.5, 0.6) is 0 Å². The van der Waals surface area contributed by atoms with Crippen molar-refractivity contribution < 1.29 is 8.42 Å². The van der Waals surface area contributed by atoms with Gasteiger partial charge in [0.05, 0.1) is 18.0 Å². The third-order valence-corrected chi connectivity index (χ3v) is 4.65. The van der Waals surface area contributed by atoms with E-state index in [2.05, 4.69) is 25.8 Å². The summed E-state index contributed by atoms with van der Waals surface area (Å²) in [6, 6.07) is 6.20. The second-order valence-electron chi connectivity index (χ2n) is 5.91. The van der Waals surface area contributed by atoms with Crippen LogP contribution >= 0.6 is 0 Å². The molecule has 3 heterocycles. The zero-order valence-corrected chi connectivity index (χ0v) is 13.9. The van der Waals surface area contributed by atoms with Crippen molar-refractivity contribution in [2.24, 2.45) is 0 Å². The van der Waals surface area contributed by atoms with Crippen LogP contribution in [-0.4, -0.2) is 47.4 Å². The molecule has 0 radical (unpaired) electrons. The molecular weight excluding hydrogens is 314 g/mol. The summed E-state index contributed by atoms with van der Waals surface area (Å²) >= 11 is 0. The number of pyridine rings is 1. The highest BCUT2D eigenvalue weighted by Crippen LogP contribution is 2.23. The minimum atomic E-state index is -3.15. The number of sulfonamides is 1. The molecule has 0 saturated heterocycles. The van der Waals surface area contributed by atoms with E-state index in [0.717, 1.165) is 25.3 Å². The number of nitrogens with one attached hydrogen (secondary N) is 1. The normalized spacial score (nSPS) is 18.7. The smallest absolute Gasteiger partial charge is 0.208 e. The predicted octanol–water partition coefficient (Wildman–Crippen LogP) is 0.774. The first kappa shape index (κ1) is 16.1. The molecule has 2 aromatic rings. The summed E-state index contributed by atoms with van der Waals surface area (Å²) in [7, 11) is -3.15. The van der Waals surface area contributed by atoms with Crippen LogP contribution in [0.25, 0.3) is 0 Å². The minimum absolute atomic E-state index is 0.166. The van der Waals surface area contributed by atoms with Gasteiger partial charge in [0.1, 0.15) is 0 Å². The van der Waals surface area contributed by atoms with Crippen molar-refractivity contribution in [1.82, 2.24) is 24.4 Å². The van der Waals surface area contributed by atoms with E-state index in [4.69, 9.17) is 0 Å². The highest BCUT2D eigenvalue weighted by molar-refractivity contribution is 7.88. The SMILES string of the molecule is CS(=O)(=O)NCCC1CN(Cc2cccnc2)Cc2ccnn21. The Kier molecular flexibility index (Phi) is 4.74. The molecule has 0 fully saturated rings. The van der Waals surface area contributed by atoms with Crippen LogP contribution < -0.4 is 4.72 Å². The minimum Gasteiger partial charge on any atom is -0.291 e. The van der Waals surface area contributed by atoms with Crippen molar-refractivity contribution in [3.63, 3.8) is 0 Å². The first-order chi connectivity index (χ1) is 11.0. The molecular formula is C15H21N5O2S. The second kappa shape index (κ2) is 6.77. The monoisotopic (exact) mass is 335 g/mol. The molecule has 7 nitrogen and oxygen atoms in total. The summed E-state index contributed by atoms with van der Waals surface area (Å²) in [5.74, 6) is 0. The molecule has 124 valence electrons. The molecule has 23 heavy (non-hydrogen) atoms. The molecule has 0 bridgehead atoms. The van der Waals surface area contributed by atoms with Crippen LogP contribution in [0.3, 0.4) is 0 Å². The first-order valence-corrected chi connectivity index (χ1v) is 9.49. The van der Waals surface area contributed by atoms with Crippen LogP contribution in [0.4, 0.5) is 0 Å². The van der Waals surface area contributed by atoms with E-state index in [9.17, 15) is 8.42 Å². The van der Waals surface area contributed by atoms with Crippen LogP contribution in [0.2, 0.25) is 0 Å². The number of hydrogen-bond donors (Lipinski definition) is 1. The topological polar surface area (TPSA) is 80.1 Å². The Labute approximate surface area is 136 Å². The Morgan fingerprint density at radius 2 is 2.22 bits per heavy atom. The van der Waals surface area contributed by atoms with E-state index in [1.165, 1.54) is 11.8 Å². The average Bonchev–Trinajstić information content (AvgIpc) is 2.95. The van der Waals surface area contributed by atoms with Gasteiger partial charge < -0.3 is 0 Å². The fraction of sp³-hybridized carbons (Fsp3) is 0.467. The van der Waals surface area contributed by atoms with Gasteiger partial charge in [0, 0.05) is 44.8 Å². The Morgan fingerprint density at radius 3 is 2.96 bits per heavy atom. The van der Waals surface area contributed by atoms with Gasteiger partial charge in [-0.3, -0.25) is 14.6 Å². The summed E-state index contributed by atoms with van der Waals surface area (Å²) in [5, 5.41) is 4.40. The zero-order valence-electron chi connectivity index (χ0n) is 13.1. The van der Waals surface area contributed by atoms with Crippen molar-refractivity contribution in [3.05, 3.63) is 48.0 Å². The quantitative estimate of drug-likeness (QED) is 0.844. The van der Waals surface area contributed by atoms with E-state index in [0.29, 0.717) is 13.0 Å². The average molecular weight is 335 g/mol. The third-order valence-electron chi connectivity index (χ3n) is 3.92. The first-order valence-electron chi connectivity index (χ1n) is 7.59. The molecule has 2 aromatic heterocycles. The summed E-state index contributed by atoms with van der Waals surface area (Å²) in [5.41, 5.74) is 2.33. The van der Waals surface area contributed by atoms with Crippen molar-refractivity contribution in [2.45, 2.75) is 25.6 Å². The zero-order chi connectivity index (χ0) is 16.3. The van der Waals surface area contributed by atoms with Crippen molar-refractivity contribution in [1.29, 1.82) is 0 Å². The lowest BCUT2D eigenvalue weighted by Crippen LogP contribution is -2.38. The van der Waals surface area contributed by atoms with Crippen LogP contribution in [0.1, 0.15) is 23.7 Å². The second-order valence-corrected chi connectivity index (χ2v) is 7.74. The van der Waals surface area contributed by atoms with E-state index in [1.807, 2.05) is 23.0 Å². The fourth-order valence-corrected chi connectivity index (χ4v) is 3.45. The maximum Gasteiger partial charge on any atom is 0.208 e. The molecule has 1 unspecified atom stereocenters. The highest BCUT2D eigenvalue weighted by atomic mass is 32.2. The summed E-state index contributed by atoms with van der Waals surface area (Å²) in [6.45, 7) is 2.93. The van der Waals surface area contributed by atoms with E-state index in [1.54, 1.807) is 12.4 Å². The maximum absolute atomic E-state index is 11.2. The lowest BCUT2D eigenvalue weighted by Gasteiger charge is -2.34. The van der Waals surface area contributed by atoms with Gasteiger partial charge in [-0.1, -0.05) is 6.07 Å². The number of rotatable bonds is 6. The molecule has 8 heteroatoms. The predicted molar refractivity (Wildman–Crippen MR) is 87.1 cm³/mol. The molecule has 0 spiro atoms. The molecule has 0 saturated carbocycles. The molecule has 1 atom stereocenters. The maximum atomic E-state index is 11.2. The van der Waals surface area contributed by atoms with Gasteiger partial charge in [-0.15, -0.1) is 0 Å². The van der Waals surface area contributed by atoms with Gasteiger partial charge in [0.25, 0.3) is 0 Å². The fourth-order valence-electron chi connectivity index (χ4n) is 2.96. The van der Waals surface area contributed by atoms with Crippen LogP contribution in [-0.2, 0) is 23.1 Å². The van der Waals surface area contributed by atoms with E-state index in [-0.39, 0.29) is 6.04 Å². The Balaban J connectivity index is 1.67. The van der Waals surface area contributed by atoms with E-state index >= 15 is 0 Å². The largest absolute Gasteiger partial charge is 0.291 e. The van der Waals surface area contributed by atoms with Crippen LogP contribution in [0, 0.1) is 0 Å². The van der Waals surface area contributed by atoms with Gasteiger partial charge in [0.2, 0.25) is 10.0 Å². The molecule has 0 amide bonds. The Morgan fingerprint density at radius 1 is 1.35 bits per heavy atom. The summed E-state index contributed by atoms with van der Waals surface area (Å²) < 4.78 is 27.0. The standard InChI is InChI=1S/C15H21N5O2S/c1-23(21,22)18-8-5-15-12-19(10-13-3-2-6-16-9-13)11-14-4-7-17-20(14)15/h2-4,6-7,9,15,18H,5,8,10-12H2,1H3. The van der Waals surface area contributed by atoms with Crippen molar-refractivity contribution in [2.75, 3.05) is 19.3 Å².